The molecule has 192 valence electrons. The van der Waals surface area contributed by atoms with E-state index < -0.39 is 21.9 Å². The smallest absolute Gasteiger partial charge is 0.380 e. The Morgan fingerprint density at radius 2 is 1.78 bits per heavy atom. The van der Waals surface area contributed by atoms with Crippen LogP contribution >= 0.6 is 0 Å². The van der Waals surface area contributed by atoms with Crippen molar-refractivity contribution < 1.29 is 26.4 Å². The zero-order valence-electron chi connectivity index (χ0n) is 19.6. The quantitative estimate of drug-likeness (QED) is 0.459. The van der Waals surface area contributed by atoms with E-state index in [4.69, 9.17) is 0 Å². The number of anilines is 2. The summed E-state index contributed by atoms with van der Waals surface area (Å²) < 4.78 is 65.6. The fraction of sp³-hybridized carbons (Fsp3) is 0.333. The number of piperidine rings is 1. The van der Waals surface area contributed by atoms with Gasteiger partial charge in [0.1, 0.15) is 5.69 Å². The number of amides is 1. The summed E-state index contributed by atoms with van der Waals surface area (Å²) in [6.07, 6.45) is -3.08. The molecule has 1 aliphatic rings. The van der Waals surface area contributed by atoms with E-state index in [1.54, 1.807) is 42.5 Å². The van der Waals surface area contributed by atoms with E-state index in [9.17, 15) is 26.4 Å². The number of hydrogen-bond donors (Lipinski definition) is 3. The molecule has 2 unspecified atom stereocenters. The molecule has 3 aromatic rings. The zero-order chi connectivity index (χ0) is 26.1. The van der Waals surface area contributed by atoms with Crippen LogP contribution in [0.15, 0.2) is 54.6 Å². The SMILES string of the molecule is CN1CC(NC(=O)c2cccc(NS(C)(=O)=O)c2)CC(Nc2cc(C(F)(F)F)nc3ccccc23)C1. The molecule has 1 saturated heterocycles. The van der Waals surface area contributed by atoms with Gasteiger partial charge in [-0.25, -0.2) is 13.4 Å². The number of rotatable bonds is 6. The predicted molar refractivity (Wildman–Crippen MR) is 132 cm³/mol. The van der Waals surface area contributed by atoms with Crippen LogP contribution in [0.5, 0.6) is 0 Å². The molecule has 1 fully saturated rings. The number of halogens is 3. The van der Waals surface area contributed by atoms with E-state index in [2.05, 4.69) is 20.3 Å². The highest BCUT2D eigenvalue weighted by molar-refractivity contribution is 7.92. The molecule has 4 rings (SSSR count). The lowest BCUT2D eigenvalue weighted by Gasteiger charge is -2.37. The maximum Gasteiger partial charge on any atom is 0.433 e. The van der Waals surface area contributed by atoms with Gasteiger partial charge in [0.2, 0.25) is 10.0 Å². The van der Waals surface area contributed by atoms with E-state index in [0.29, 0.717) is 30.6 Å². The first-order chi connectivity index (χ1) is 16.9. The van der Waals surface area contributed by atoms with Crippen LogP contribution in [-0.4, -0.2) is 62.7 Å². The number of pyridine rings is 1. The third kappa shape index (κ3) is 6.43. The summed E-state index contributed by atoms with van der Waals surface area (Å²) in [6, 6.07) is 13.3. The summed E-state index contributed by atoms with van der Waals surface area (Å²) in [6.45, 7) is 1.12. The number of likely N-dealkylation sites (tertiary alicyclic amines) is 1. The van der Waals surface area contributed by atoms with Gasteiger partial charge >= 0.3 is 6.18 Å². The topological polar surface area (TPSA) is 103 Å². The molecule has 0 aliphatic carbocycles. The van der Waals surface area contributed by atoms with Gasteiger partial charge in [-0.3, -0.25) is 9.52 Å². The third-order valence-electron chi connectivity index (χ3n) is 5.76. The van der Waals surface area contributed by atoms with Crippen LogP contribution in [-0.2, 0) is 16.2 Å². The maximum atomic E-state index is 13.4. The minimum Gasteiger partial charge on any atom is -0.380 e. The molecule has 36 heavy (non-hydrogen) atoms. The Morgan fingerprint density at radius 3 is 2.50 bits per heavy atom. The molecule has 1 aromatic heterocycles. The number of hydrogen-bond acceptors (Lipinski definition) is 6. The van der Waals surface area contributed by atoms with Crippen molar-refractivity contribution >= 4 is 38.2 Å². The highest BCUT2D eigenvalue weighted by Gasteiger charge is 2.34. The number of benzene rings is 2. The molecule has 12 heteroatoms. The number of nitrogens with zero attached hydrogens (tertiary/aromatic N) is 2. The predicted octanol–water partition coefficient (Wildman–Crippen LogP) is 3.54. The van der Waals surface area contributed by atoms with Crippen LogP contribution in [0.25, 0.3) is 10.9 Å². The molecule has 3 N–H and O–H groups in total. The fourth-order valence-electron chi connectivity index (χ4n) is 4.40. The van der Waals surface area contributed by atoms with Crippen molar-refractivity contribution in [3.05, 3.63) is 65.9 Å². The van der Waals surface area contributed by atoms with Gasteiger partial charge in [-0.05, 0) is 43.8 Å². The van der Waals surface area contributed by atoms with E-state index in [0.717, 1.165) is 12.3 Å². The minimum atomic E-state index is -4.58. The average Bonchev–Trinajstić information content (AvgIpc) is 2.77. The lowest BCUT2D eigenvalue weighted by Crippen LogP contribution is -2.53. The molecule has 2 heterocycles. The monoisotopic (exact) mass is 521 g/mol. The molecule has 1 amide bonds. The van der Waals surface area contributed by atoms with Crippen molar-refractivity contribution in [1.82, 2.24) is 15.2 Å². The van der Waals surface area contributed by atoms with Crippen LogP contribution in [0.1, 0.15) is 22.5 Å². The number of likely N-dealkylation sites (N-methyl/N-ethyl adjacent to an activating group) is 1. The van der Waals surface area contributed by atoms with Crippen LogP contribution in [0.3, 0.4) is 0 Å². The molecule has 8 nitrogen and oxygen atoms in total. The number of alkyl halides is 3. The second-order valence-electron chi connectivity index (χ2n) is 8.99. The van der Waals surface area contributed by atoms with Crippen molar-refractivity contribution in [2.75, 3.05) is 36.4 Å². The number of sulfonamides is 1. The van der Waals surface area contributed by atoms with Crippen molar-refractivity contribution in [2.24, 2.45) is 0 Å². The largest absolute Gasteiger partial charge is 0.433 e. The summed E-state index contributed by atoms with van der Waals surface area (Å²) in [5.41, 5.74) is 0.163. The molecular weight excluding hydrogens is 495 g/mol. The first-order valence-electron chi connectivity index (χ1n) is 11.2. The Balaban J connectivity index is 1.51. The Kier molecular flexibility index (Phi) is 7.10. The normalized spacial score (nSPS) is 19.1. The van der Waals surface area contributed by atoms with Crippen molar-refractivity contribution in [1.29, 1.82) is 0 Å². The summed E-state index contributed by atoms with van der Waals surface area (Å²) in [7, 11) is -1.62. The Bertz CT molecular complexity index is 1380. The highest BCUT2D eigenvalue weighted by atomic mass is 32.2. The van der Waals surface area contributed by atoms with Crippen molar-refractivity contribution in [2.45, 2.75) is 24.7 Å². The molecule has 0 saturated carbocycles. The highest BCUT2D eigenvalue weighted by Crippen LogP contribution is 2.33. The van der Waals surface area contributed by atoms with Gasteiger partial charge in [0.25, 0.3) is 5.91 Å². The lowest BCUT2D eigenvalue weighted by atomic mass is 9.99. The van der Waals surface area contributed by atoms with Crippen LogP contribution < -0.4 is 15.4 Å². The van der Waals surface area contributed by atoms with Crippen molar-refractivity contribution in [3.63, 3.8) is 0 Å². The van der Waals surface area contributed by atoms with Gasteiger partial charge < -0.3 is 15.5 Å². The van der Waals surface area contributed by atoms with Crippen molar-refractivity contribution in [3.8, 4) is 0 Å². The number of para-hydroxylation sites is 1. The fourth-order valence-corrected chi connectivity index (χ4v) is 4.95. The van der Waals surface area contributed by atoms with E-state index in [1.165, 1.54) is 6.07 Å². The second-order valence-corrected chi connectivity index (χ2v) is 10.7. The summed E-state index contributed by atoms with van der Waals surface area (Å²) in [5, 5.41) is 6.77. The molecule has 2 atom stereocenters. The van der Waals surface area contributed by atoms with Gasteiger partial charge in [-0.15, -0.1) is 0 Å². The summed E-state index contributed by atoms with van der Waals surface area (Å²) in [5.74, 6) is -0.375. The Labute approximate surface area is 206 Å². The first-order valence-corrected chi connectivity index (χ1v) is 13.1. The van der Waals surface area contributed by atoms with Gasteiger partial charge in [0.05, 0.1) is 11.8 Å². The summed E-state index contributed by atoms with van der Waals surface area (Å²) >= 11 is 0. The zero-order valence-corrected chi connectivity index (χ0v) is 20.4. The average molecular weight is 522 g/mol. The van der Waals surface area contributed by atoms with Gasteiger partial charge in [-0.1, -0.05) is 24.3 Å². The number of aromatic nitrogens is 1. The minimum absolute atomic E-state index is 0.237. The van der Waals surface area contributed by atoms with Crippen LogP contribution in [0.2, 0.25) is 0 Å². The van der Waals surface area contributed by atoms with E-state index >= 15 is 0 Å². The molecular formula is C24H26F3N5O3S. The molecule has 2 aromatic carbocycles. The Hall–Kier alpha value is -3.38. The standard InChI is InChI=1S/C24H26F3N5O3S/c1-32-13-17(28-21-12-22(24(25,26)27)30-20-9-4-3-8-19(20)21)11-18(14-32)29-23(33)15-6-5-7-16(10-15)31-36(2,34)35/h3-10,12,17-18,31H,11,13-14H2,1-2H3,(H,28,30)(H,29,33). The van der Waals surface area contributed by atoms with Gasteiger partial charge in [0, 0.05) is 47.5 Å². The number of fused-ring (bicyclic) bond motifs is 1. The molecule has 1 aliphatic heterocycles. The maximum absolute atomic E-state index is 13.4. The number of carbonyl (C=O) groups is 1. The lowest BCUT2D eigenvalue weighted by molar-refractivity contribution is -0.140. The summed E-state index contributed by atoms with van der Waals surface area (Å²) in [4.78, 5) is 18.6. The van der Waals surface area contributed by atoms with Gasteiger partial charge in [0.15, 0.2) is 0 Å². The van der Waals surface area contributed by atoms with Crippen LogP contribution in [0, 0.1) is 0 Å². The van der Waals surface area contributed by atoms with E-state index in [1.807, 2.05) is 11.9 Å². The molecule has 0 spiro atoms. The second kappa shape index (κ2) is 9.94. The molecule has 0 bridgehead atoms. The molecule has 0 radical (unpaired) electrons. The van der Waals surface area contributed by atoms with E-state index in [-0.39, 0.29) is 34.8 Å². The Morgan fingerprint density at radius 1 is 1.06 bits per heavy atom. The number of nitrogens with one attached hydrogen (secondary N) is 3. The van der Waals surface area contributed by atoms with Crippen LogP contribution in [0.4, 0.5) is 24.5 Å². The third-order valence-corrected chi connectivity index (χ3v) is 6.37. The van der Waals surface area contributed by atoms with Gasteiger partial charge in [-0.2, -0.15) is 13.2 Å². The first kappa shape index (κ1) is 25.7. The number of carbonyl (C=O) groups excluding carboxylic acids is 1.